The molecule has 3 aromatic rings. The maximum absolute atomic E-state index is 11.8. The number of hydrogen-bond donors (Lipinski definition) is 1. The summed E-state index contributed by atoms with van der Waals surface area (Å²) in [5.41, 5.74) is 2.55. The topological polar surface area (TPSA) is 55.1 Å². The van der Waals surface area contributed by atoms with Gasteiger partial charge in [0.25, 0.3) is 5.91 Å². The number of thiophene rings is 1. The molecule has 5 heteroatoms. The summed E-state index contributed by atoms with van der Waals surface area (Å²) in [4.78, 5) is 16.5. The van der Waals surface area contributed by atoms with E-state index in [0.717, 1.165) is 21.5 Å². The Morgan fingerprint density at radius 1 is 1.39 bits per heavy atom. The number of nitrogens with one attached hydrogen (secondary N) is 1. The van der Waals surface area contributed by atoms with Gasteiger partial charge in [-0.05, 0) is 29.1 Å². The van der Waals surface area contributed by atoms with E-state index in [1.807, 2.05) is 29.6 Å². The molecule has 2 heterocycles. The highest BCUT2D eigenvalue weighted by molar-refractivity contribution is 7.12. The van der Waals surface area contributed by atoms with Gasteiger partial charge in [-0.15, -0.1) is 11.3 Å². The van der Waals surface area contributed by atoms with E-state index in [1.54, 1.807) is 6.07 Å². The maximum Gasteiger partial charge on any atom is 0.261 e. The van der Waals surface area contributed by atoms with Crippen molar-refractivity contribution in [3.05, 3.63) is 52.5 Å². The molecule has 0 bridgehead atoms. The SMILES string of the molecule is O=C(NCc1ccc2ncoc2c1)c1cccs1. The Morgan fingerprint density at radius 3 is 3.17 bits per heavy atom. The Morgan fingerprint density at radius 2 is 2.33 bits per heavy atom. The molecular formula is C13H10N2O2S. The molecule has 0 aliphatic heterocycles. The Hall–Kier alpha value is -2.14. The molecule has 90 valence electrons. The van der Waals surface area contributed by atoms with Crippen LogP contribution in [0.25, 0.3) is 11.1 Å². The smallest absolute Gasteiger partial charge is 0.261 e. The zero-order valence-corrected chi connectivity index (χ0v) is 10.2. The van der Waals surface area contributed by atoms with E-state index >= 15 is 0 Å². The summed E-state index contributed by atoms with van der Waals surface area (Å²) < 4.78 is 5.22. The van der Waals surface area contributed by atoms with E-state index in [4.69, 9.17) is 4.42 Å². The minimum absolute atomic E-state index is 0.0531. The molecule has 0 atom stereocenters. The van der Waals surface area contributed by atoms with Gasteiger partial charge in [0.05, 0.1) is 4.88 Å². The fraction of sp³-hybridized carbons (Fsp3) is 0.0769. The van der Waals surface area contributed by atoms with Gasteiger partial charge in [-0.3, -0.25) is 4.79 Å². The number of aromatic nitrogens is 1. The molecule has 1 N–H and O–H groups in total. The first kappa shape index (κ1) is 11.0. The molecule has 0 aliphatic rings. The van der Waals surface area contributed by atoms with Crippen molar-refractivity contribution in [1.29, 1.82) is 0 Å². The van der Waals surface area contributed by atoms with Gasteiger partial charge in [0.1, 0.15) is 5.52 Å². The van der Waals surface area contributed by atoms with Gasteiger partial charge in [0.2, 0.25) is 0 Å². The average Bonchev–Trinajstić information content (AvgIpc) is 3.05. The lowest BCUT2D eigenvalue weighted by molar-refractivity contribution is 0.0955. The van der Waals surface area contributed by atoms with Crippen LogP contribution in [0.2, 0.25) is 0 Å². The van der Waals surface area contributed by atoms with E-state index in [2.05, 4.69) is 10.3 Å². The molecule has 1 aromatic carbocycles. The normalized spacial score (nSPS) is 10.7. The number of fused-ring (bicyclic) bond motifs is 1. The Kier molecular flexibility index (Phi) is 2.82. The Bertz CT molecular complexity index is 673. The molecule has 0 saturated heterocycles. The van der Waals surface area contributed by atoms with E-state index in [-0.39, 0.29) is 5.91 Å². The molecule has 0 unspecified atom stereocenters. The molecule has 1 amide bonds. The second-order valence-electron chi connectivity index (χ2n) is 3.81. The van der Waals surface area contributed by atoms with Crippen LogP contribution < -0.4 is 5.32 Å². The van der Waals surface area contributed by atoms with E-state index in [0.29, 0.717) is 6.54 Å². The first-order valence-electron chi connectivity index (χ1n) is 5.47. The summed E-state index contributed by atoms with van der Waals surface area (Å²) in [7, 11) is 0. The van der Waals surface area contributed by atoms with Crippen molar-refractivity contribution < 1.29 is 9.21 Å². The van der Waals surface area contributed by atoms with Gasteiger partial charge in [0, 0.05) is 6.54 Å². The van der Waals surface area contributed by atoms with Gasteiger partial charge in [0.15, 0.2) is 12.0 Å². The molecule has 0 radical (unpaired) electrons. The van der Waals surface area contributed by atoms with Crippen LogP contribution in [0.3, 0.4) is 0 Å². The summed E-state index contributed by atoms with van der Waals surface area (Å²) >= 11 is 1.43. The molecule has 2 aromatic heterocycles. The third kappa shape index (κ3) is 2.12. The Labute approximate surface area is 107 Å². The number of rotatable bonds is 3. The van der Waals surface area contributed by atoms with Crippen LogP contribution in [0.15, 0.2) is 46.5 Å². The standard InChI is InChI=1S/C13H10N2O2S/c16-13(12-2-1-5-18-12)14-7-9-3-4-10-11(6-9)17-8-15-10/h1-6,8H,7H2,(H,14,16). The third-order valence-corrected chi connectivity index (χ3v) is 3.46. The first-order valence-corrected chi connectivity index (χ1v) is 6.35. The van der Waals surface area contributed by atoms with Crippen LogP contribution >= 0.6 is 11.3 Å². The van der Waals surface area contributed by atoms with Crippen LogP contribution in [0, 0.1) is 0 Å². The number of nitrogens with zero attached hydrogens (tertiary/aromatic N) is 1. The highest BCUT2D eigenvalue weighted by Gasteiger charge is 2.06. The summed E-state index contributed by atoms with van der Waals surface area (Å²) in [6.45, 7) is 0.480. The average molecular weight is 258 g/mol. The largest absolute Gasteiger partial charge is 0.443 e. The Balaban J connectivity index is 1.71. The predicted molar refractivity (Wildman–Crippen MR) is 69.5 cm³/mol. The number of oxazole rings is 1. The lowest BCUT2D eigenvalue weighted by Crippen LogP contribution is -2.21. The molecule has 3 rings (SSSR count). The second-order valence-corrected chi connectivity index (χ2v) is 4.76. The van der Waals surface area contributed by atoms with Crippen molar-refractivity contribution in [2.45, 2.75) is 6.54 Å². The number of benzene rings is 1. The molecule has 0 saturated carbocycles. The zero-order chi connectivity index (χ0) is 12.4. The number of carbonyl (C=O) groups excluding carboxylic acids is 1. The van der Waals surface area contributed by atoms with Crippen LogP contribution in [-0.2, 0) is 6.54 Å². The monoisotopic (exact) mass is 258 g/mol. The highest BCUT2D eigenvalue weighted by atomic mass is 32.1. The van der Waals surface area contributed by atoms with Crippen molar-refractivity contribution in [2.75, 3.05) is 0 Å². The molecule has 0 aliphatic carbocycles. The third-order valence-electron chi connectivity index (χ3n) is 2.59. The lowest BCUT2D eigenvalue weighted by atomic mass is 10.2. The molecule has 18 heavy (non-hydrogen) atoms. The summed E-state index contributed by atoms with van der Waals surface area (Å²) in [6.07, 6.45) is 1.42. The van der Waals surface area contributed by atoms with Crippen LogP contribution in [-0.4, -0.2) is 10.9 Å². The first-order chi connectivity index (χ1) is 8.83. The van der Waals surface area contributed by atoms with E-state index in [1.165, 1.54) is 17.7 Å². The van der Waals surface area contributed by atoms with Gasteiger partial charge < -0.3 is 9.73 Å². The van der Waals surface area contributed by atoms with Gasteiger partial charge in [-0.2, -0.15) is 0 Å². The van der Waals surface area contributed by atoms with Crippen LogP contribution in [0.5, 0.6) is 0 Å². The second kappa shape index (κ2) is 4.62. The van der Waals surface area contributed by atoms with Crippen LogP contribution in [0.4, 0.5) is 0 Å². The molecule has 0 fully saturated rings. The van der Waals surface area contributed by atoms with Gasteiger partial charge in [-0.25, -0.2) is 4.98 Å². The van der Waals surface area contributed by atoms with Crippen molar-refractivity contribution in [3.63, 3.8) is 0 Å². The summed E-state index contributed by atoms with van der Waals surface area (Å²) in [5.74, 6) is -0.0531. The fourth-order valence-electron chi connectivity index (χ4n) is 1.69. The number of carbonyl (C=O) groups is 1. The maximum atomic E-state index is 11.8. The zero-order valence-electron chi connectivity index (χ0n) is 9.42. The number of amides is 1. The van der Waals surface area contributed by atoms with Crippen molar-refractivity contribution in [1.82, 2.24) is 10.3 Å². The van der Waals surface area contributed by atoms with Gasteiger partial charge >= 0.3 is 0 Å². The lowest BCUT2D eigenvalue weighted by Gasteiger charge is -2.03. The molecule has 0 spiro atoms. The van der Waals surface area contributed by atoms with Crippen molar-refractivity contribution in [2.24, 2.45) is 0 Å². The number of hydrogen-bond acceptors (Lipinski definition) is 4. The molecular weight excluding hydrogens is 248 g/mol. The fourth-order valence-corrected chi connectivity index (χ4v) is 2.33. The van der Waals surface area contributed by atoms with E-state index < -0.39 is 0 Å². The quantitative estimate of drug-likeness (QED) is 0.786. The van der Waals surface area contributed by atoms with Gasteiger partial charge in [-0.1, -0.05) is 12.1 Å². The summed E-state index contributed by atoms with van der Waals surface area (Å²) in [6, 6.07) is 9.36. The minimum atomic E-state index is -0.0531. The highest BCUT2D eigenvalue weighted by Crippen LogP contribution is 2.14. The molecule has 4 nitrogen and oxygen atoms in total. The van der Waals surface area contributed by atoms with Crippen LogP contribution in [0.1, 0.15) is 15.2 Å². The minimum Gasteiger partial charge on any atom is -0.443 e. The summed E-state index contributed by atoms with van der Waals surface area (Å²) in [5, 5.41) is 4.75. The predicted octanol–water partition coefficient (Wildman–Crippen LogP) is 2.82. The van der Waals surface area contributed by atoms with Crippen molar-refractivity contribution >= 4 is 28.3 Å². The van der Waals surface area contributed by atoms with Crippen molar-refractivity contribution in [3.8, 4) is 0 Å². The van der Waals surface area contributed by atoms with E-state index in [9.17, 15) is 4.79 Å².